The standard InChI is InChI=1S/C34H39ClN2O7S/c1-6-12-27(35)20-26(22-37(2)45(40,41)33-18-17-29(42-3)21-32(33)44-5)34(24-39,30-15-10-11-16-31(30)43-4)36-28(23-38)19-25-13-8-7-9-14-25/h6-18,20-22,24,28,36,38H,19,23H2,1-5H3/b12-6-,26-22-,27-20+. The Morgan fingerprint density at radius 1 is 1.00 bits per heavy atom. The van der Waals surface area contributed by atoms with E-state index in [-0.39, 0.29) is 27.9 Å². The highest BCUT2D eigenvalue weighted by atomic mass is 35.5. The lowest BCUT2D eigenvalue weighted by Gasteiger charge is -2.36. The number of allylic oxidation sites excluding steroid dienone is 3. The van der Waals surface area contributed by atoms with E-state index < -0.39 is 21.6 Å². The molecule has 2 N–H and O–H groups in total. The summed E-state index contributed by atoms with van der Waals surface area (Å²) in [6.45, 7) is 1.44. The van der Waals surface area contributed by atoms with Crippen LogP contribution in [0.4, 0.5) is 0 Å². The Hall–Kier alpha value is -4.09. The summed E-state index contributed by atoms with van der Waals surface area (Å²) in [6, 6.07) is 20.1. The predicted molar refractivity (Wildman–Crippen MR) is 176 cm³/mol. The third kappa shape index (κ3) is 8.34. The molecule has 0 heterocycles. The molecule has 3 aromatic rings. The number of carbonyl (C=O) groups is 1. The number of aliphatic hydroxyl groups is 1. The summed E-state index contributed by atoms with van der Waals surface area (Å²) in [4.78, 5) is 13.4. The molecule has 0 aliphatic rings. The number of nitrogens with zero attached hydrogens (tertiary/aromatic N) is 1. The normalized spacial score (nSPS) is 14.5. The van der Waals surface area contributed by atoms with Crippen molar-refractivity contribution in [2.24, 2.45) is 0 Å². The van der Waals surface area contributed by atoms with E-state index in [1.807, 2.05) is 30.3 Å². The molecule has 2 atom stereocenters. The minimum atomic E-state index is -4.24. The molecule has 11 heteroatoms. The van der Waals surface area contributed by atoms with E-state index >= 15 is 0 Å². The van der Waals surface area contributed by atoms with Crippen LogP contribution in [0.2, 0.25) is 0 Å². The van der Waals surface area contributed by atoms with Crippen molar-refractivity contribution in [3.63, 3.8) is 0 Å². The van der Waals surface area contributed by atoms with Gasteiger partial charge < -0.3 is 24.1 Å². The molecule has 2 unspecified atom stereocenters. The molecule has 0 radical (unpaired) electrons. The first-order valence-corrected chi connectivity index (χ1v) is 15.9. The first-order valence-electron chi connectivity index (χ1n) is 14.0. The number of rotatable bonds is 16. The lowest BCUT2D eigenvalue weighted by Crippen LogP contribution is -2.53. The average molecular weight is 655 g/mol. The number of para-hydroxylation sites is 1. The number of benzene rings is 3. The number of sulfonamides is 1. The molecule has 3 aromatic carbocycles. The molecule has 0 fully saturated rings. The zero-order chi connectivity index (χ0) is 33.0. The topological polar surface area (TPSA) is 114 Å². The SMILES string of the molecule is C\C=C/C(Cl)=C\C(=C\N(C)S(=O)(=O)c1ccc(OC)cc1OC)C(C=O)(NC(CO)Cc1ccccc1)c1ccccc1OC. The number of aliphatic hydroxyl groups excluding tert-OH is 1. The molecule has 0 aliphatic carbocycles. The maximum absolute atomic E-state index is 14.0. The van der Waals surface area contributed by atoms with E-state index in [0.29, 0.717) is 29.8 Å². The van der Waals surface area contributed by atoms with Crippen LogP contribution >= 0.6 is 11.6 Å². The summed E-state index contributed by atoms with van der Waals surface area (Å²) in [5, 5.41) is 14.1. The van der Waals surface area contributed by atoms with Gasteiger partial charge in [0.25, 0.3) is 10.0 Å². The molecular weight excluding hydrogens is 616 g/mol. The lowest BCUT2D eigenvalue weighted by atomic mass is 9.81. The predicted octanol–water partition coefficient (Wildman–Crippen LogP) is 5.20. The van der Waals surface area contributed by atoms with Crippen molar-refractivity contribution >= 4 is 27.9 Å². The zero-order valence-corrected chi connectivity index (χ0v) is 27.5. The van der Waals surface area contributed by atoms with E-state index in [9.17, 15) is 18.3 Å². The van der Waals surface area contributed by atoms with E-state index in [2.05, 4.69) is 5.32 Å². The Morgan fingerprint density at radius 3 is 2.27 bits per heavy atom. The van der Waals surface area contributed by atoms with Crippen LogP contribution in [0.15, 0.2) is 113 Å². The molecule has 0 saturated carbocycles. The quantitative estimate of drug-likeness (QED) is 0.160. The summed E-state index contributed by atoms with van der Waals surface area (Å²) in [7, 11) is 1.41. The first-order chi connectivity index (χ1) is 21.6. The fourth-order valence-electron chi connectivity index (χ4n) is 4.85. The Labute approximate surface area is 270 Å². The number of ether oxygens (including phenoxy) is 3. The number of halogens is 1. The molecule has 0 spiro atoms. The van der Waals surface area contributed by atoms with Crippen LogP contribution in [0.1, 0.15) is 18.1 Å². The second kappa shape index (κ2) is 16.3. The Morgan fingerprint density at radius 2 is 1.67 bits per heavy atom. The highest BCUT2D eigenvalue weighted by Gasteiger charge is 2.41. The van der Waals surface area contributed by atoms with Crippen molar-refractivity contribution in [1.82, 2.24) is 9.62 Å². The van der Waals surface area contributed by atoms with Crippen LogP contribution in [-0.4, -0.2) is 65.1 Å². The van der Waals surface area contributed by atoms with Crippen molar-refractivity contribution < 1.29 is 32.5 Å². The van der Waals surface area contributed by atoms with Gasteiger partial charge in [0, 0.05) is 41.5 Å². The van der Waals surface area contributed by atoms with Gasteiger partial charge in [-0.1, -0.05) is 66.2 Å². The summed E-state index contributed by atoms with van der Waals surface area (Å²) in [5.41, 5.74) is -0.280. The van der Waals surface area contributed by atoms with Crippen molar-refractivity contribution in [2.75, 3.05) is 35.0 Å². The van der Waals surface area contributed by atoms with Crippen LogP contribution < -0.4 is 19.5 Å². The molecule has 240 valence electrons. The van der Waals surface area contributed by atoms with Crippen molar-refractivity contribution in [1.29, 1.82) is 0 Å². The smallest absolute Gasteiger partial charge is 0.267 e. The second-order valence-electron chi connectivity index (χ2n) is 9.99. The maximum atomic E-state index is 14.0. The van der Waals surface area contributed by atoms with Crippen molar-refractivity contribution in [2.45, 2.75) is 29.8 Å². The largest absolute Gasteiger partial charge is 0.497 e. The van der Waals surface area contributed by atoms with E-state index in [1.54, 1.807) is 43.3 Å². The average Bonchev–Trinajstić information content (AvgIpc) is 3.06. The number of methoxy groups -OCH3 is 3. The number of hydrogen-bond acceptors (Lipinski definition) is 8. The number of carbonyl (C=O) groups excluding carboxylic acids is 1. The van der Waals surface area contributed by atoms with Gasteiger partial charge in [0.05, 0.1) is 27.9 Å². The van der Waals surface area contributed by atoms with Crippen LogP contribution in [0, 0.1) is 0 Å². The van der Waals surface area contributed by atoms with Crippen molar-refractivity contribution in [3.8, 4) is 17.2 Å². The van der Waals surface area contributed by atoms with Gasteiger partial charge >= 0.3 is 0 Å². The van der Waals surface area contributed by atoms with Crippen LogP contribution in [-0.2, 0) is 26.8 Å². The molecule has 45 heavy (non-hydrogen) atoms. The maximum Gasteiger partial charge on any atom is 0.267 e. The van der Waals surface area contributed by atoms with E-state index in [4.69, 9.17) is 25.8 Å². The van der Waals surface area contributed by atoms with Crippen molar-refractivity contribution in [3.05, 3.63) is 119 Å². The molecule has 0 amide bonds. The van der Waals surface area contributed by atoms with Gasteiger partial charge in [-0.05, 0) is 49.3 Å². The number of nitrogens with one attached hydrogen (secondary N) is 1. The van der Waals surface area contributed by atoms with Gasteiger partial charge in [0.2, 0.25) is 0 Å². The summed E-state index contributed by atoms with van der Waals surface area (Å²) in [6.07, 6.45) is 7.17. The Balaban J connectivity index is 2.32. The monoisotopic (exact) mass is 654 g/mol. The molecule has 0 aliphatic heterocycles. The Kier molecular flexibility index (Phi) is 12.8. The highest BCUT2D eigenvalue weighted by Crippen LogP contribution is 2.38. The minimum absolute atomic E-state index is 0.0753. The zero-order valence-electron chi connectivity index (χ0n) is 25.9. The lowest BCUT2D eigenvalue weighted by molar-refractivity contribution is -0.112. The highest BCUT2D eigenvalue weighted by molar-refractivity contribution is 7.89. The van der Waals surface area contributed by atoms with E-state index in [1.165, 1.54) is 58.9 Å². The summed E-state index contributed by atoms with van der Waals surface area (Å²) in [5.74, 6) is 0.850. The second-order valence-corrected chi connectivity index (χ2v) is 12.4. The fourth-order valence-corrected chi connectivity index (χ4v) is 6.29. The van der Waals surface area contributed by atoms with Gasteiger partial charge in [-0.15, -0.1) is 0 Å². The Bertz CT molecular complexity index is 1640. The molecular formula is C34H39ClN2O7S. The van der Waals surface area contributed by atoms with Crippen LogP contribution in [0.25, 0.3) is 0 Å². The van der Waals surface area contributed by atoms with E-state index in [0.717, 1.165) is 9.87 Å². The van der Waals surface area contributed by atoms with Gasteiger partial charge in [0.1, 0.15) is 34.0 Å². The molecule has 0 bridgehead atoms. The summed E-state index contributed by atoms with van der Waals surface area (Å²) < 4.78 is 45.2. The molecule has 3 rings (SSSR count). The van der Waals surface area contributed by atoms with Crippen LogP contribution in [0.3, 0.4) is 0 Å². The number of hydrogen-bond donors (Lipinski definition) is 2. The third-order valence-corrected chi connectivity index (χ3v) is 9.10. The molecule has 9 nitrogen and oxygen atoms in total. The third-order valence-electron chi connectivity index (χ3n) is 7.11. The fraction of sp³-hybridized carbons (Fsp3) is 0.265. The molecule has 0 saturated heterocycles. The van der Waals surface area contributed by atoms with Crippen LogP contribution in [0.5, 0.6) is 17.2 Å². The van der Waals surface area contributed by atoms with Gasteiger partial charge in [-0.2, -0.15) is 0 Å². The van der Waals surface area contributed by atoms with Gasteiger partial charge in [0.15, 0.2) is 0 Å². The minimum Gasteiger partial charge on any atom is -0.497 e. The molecule has 0 aromatic heterocycles. The first kappa shape index (κ1) is 35.4. The van der Waals surface area contributed by atoms with Gasteiger partial charge in [-0.25, -0.2) is 8.42 Å². The van der Waals surface area contributed by atoms with Gasteiger partial charge in [-0.3, -0.25) is 9.62 Å². The summed E-state index contributed by atoms with van der Waals surface area (Å²) >= 11 is 6.60. The number of aldehydes is 1.